The van der Waals surface area contributed by atoms with E-state index in [1.807, 2.05) is 0 Å². The van der Waals surface area contributed by atoms with Crippen molar-refractivity contribution in [2.75, 3.05) is 13.2 Å². The van der Waals surface area contributed by atoms with Crippen molar-refractivity contribution in [3.8, 4) is 11.5 Å². The highest BCUT2D eigenvalue weighted by Crippen LogP contribution is 2.26. The highest BCUT2D eigenvalue weighted by molar-refractivity contribution is 5.74. The highest BCUT2D eigenvalue weighted by Gasteiger charge is 2.20. The zero-order valence-corrected chi connectivity index (χ0v) is 14.2. The van der Waals surface area contributed by atoms with Crippen LogP contribution < -0.4 is 9.47 Å². The van der Waals surface area contributed by atoms with Gasteiger partial charge >= 0.3 is 11.9 Å². The Balaban J connectivity index is 2.76. The zero-order valence-electron chi connectivity index (χ0n) is 14.2. The molecule has 0 fully saturated rings. The van der Waals surface area contributed by atoms with Gasteiger partial charge in [0.15, 0.2) is 0 Å². The summed E-state index contributed by atoms with van der Waals surface area (Å²) in [5.41, 5.74) is 0.389. The minimum Gasteiger partial charge on any atom is -0.426 e. The Bertz CT molecular complexity index is 715. The average molecular weight is 384 g/mol. The largest absolute Gasteiger partial charge is 0.426 e. The van der Waals surface area contributed by atoms with E-state index >= 15 is 0 Å². The van der Waals surface area contributed by atoms with Crippen LogP contribution in [0.4, 0.5) is 0 Å². The lowest BCUT2D eigenvalue weighted by molar-refractivity contribution is -0.768. The lowest BCUT2D eigenvalue weighted by Gasteiger charge is -2.14. The van der Waals surface area contributed by atoms with Gasteiger partial charge in [0.1, 0.15) is 24.7 Å². The second-order valence-electron chi connectivity index (χ2n) is 5.08. The quantitative estimate of drug-likeness (QED) is 0.237. The first-order chi connectivity index (χ1) is 12.7. The number of carbonyl (C=O) groups excluding carboxylic acids is 2. The van der Waals surface area contributed by atoms with Crippen LogP contribution in [0.5, 0.6) is 11.5 Å². The molecule has 146 valence electrons. The summed E-state index contributed by atoms with van der Waals surface area (Å²) >= 11 is 0. The molecule has 0 aliphatic heterocycles. The van der Waals surface area contributed by atoms with Crippen molar-refractivity contribution in [1.82, 2.24) is 0 Å². The van der Waals surface area contributed by atoms with Crippen LogP contribution in [0.2, 0.25) is 0 Å². The summed E-state index contributed by atoms with van der Waals surface area (Å²) in [6, 6.07) is 4.14. The van der Waals surface area contributed by atoms with E-state index in [4.69, 9.17) is 9.47 Å². The Hall–Kier alpha value is -3.70. The van der Waals surface area contributed by atoms with E-state index in [2.05, 4.69) is 16.3 Å². The zero-order chi connectivity index (χ0) is 20.4. The molecule has 0 radical (unpaired) electrons. The average Bonchev–Trinajstić information content (AvgIpc) is 2.57. The third kappa shape index (κ3) is 8.29. The summed E-state index contributed by atoms with van der Waals surface area (Å²) in [7, 11) is 0. The molecule has 0 N–H and O–H groups in total. The first-order valence-electron chi connectivity index (χ1n) is 7.41. The van der Waals surface area contributed by atoms with Gasteiger partial charge in [-0.15, -0.1) is 20.2 Å². The van der Waals surface area contributed by atoms with E-state index in [9.17, 15) is 29.8 Å². The first kappa shape index (κ1) is 21.3. The molecule has 0 saturated carbocycles. The van der Waals surface area contributed by atoms with Crippen LogP contribution in [0.15, 0.2) is 24.8 Å². The van der Waals surface area contributed by atoms with Crippen molar-refractivity contribution in [1.29, 1.82) is 0 Å². The van der Waals surface area contributed by atoms with Crippen LogP contribution in [0, 0.1) is 26.1 Å². The molecule has 0 unspecified atom stereocenters. The normalized spacial score (nSPS) is 10.0. The maximum Gasteiger partial charge on any atom is 0.311 e. The van der Waals surface area contributed by atoms with E-state index in [1.54, 1.807) is 0 Å². The number of ether oxygens (including phenoxy) is 2. The smallest absolute Gasteiger partial charge is 0.311 e. The Labute approximate surface area is 152 Å². The minimum atomic E-state index is -1.09. The van der Waals surface area contributed by atoms with Gasteiger partial charge in [-0.05, 0) is 18.2 Å². The molecule has 0 aromatic heterocycles. The van der Waals surface area contributed by atoms with Gasteiger partial charge in [-0.1, -0.05) is 12.7 Å². The van der Waals surface area contributed by atoms with E-state index in [0.29, 0.717) is 5.56 Å². The molecular formula is C15H16N2O10. The maximum atomic E-state index is 12.0. The maximum absolute atomic E-state index is 12.0. The van der Waals surface area contributed by atoms with Gasteiger partial charge in [0, 0.05) is 18.4 Å². The van der Waals surface area contributed by atoms with Gasteiger partial charge in [-0.25, -0.2) is 0 Å². The standard InChI is InChI=1S/C15H16N2O10/c1-3-12-7-13(4-5-14(12)26-10(2)18)27-15(19)6-11(8-24-16(20)21)9-25-17(22)23/h3-5,7,11H,1,6,8-9H2,2H3. The minimum absolute atomic E-state index is 0.0925. The molecule has 27 heavy (non-hydrogen) atoms. The molecule has 0 aliphatic carbocycles. The van der Waals surface area contributed by atoms with Crippen molar-refractivity contribution in [2.45, 2.75) is 13.3 Å². The predicted octanol–water partition coefficient (Wildman–Crippen LogP) is 1.58. The van der Waals surface area contributed by atoms with E-state index in [-0.39, 0.29) is 11.5 Å². The van der Waals surface area contributed by atoms with Crippen LogP contribution in [-0.2, 0) is 19.3 Å². The summed E-state index contributed by atoms with van der Waals surface area (Å²) in [5, 5.41) is 18.3. The van der Waals surface area contributed by atoms with Gasteiger partial charge < -0.3 is 19.1 Å². The fourth-order valence-corrected chi connectivity index (χ4v) is 1.90. The molecule has 0 aliphatic rings. The fourth-order valence-electron chi connectivity index (χ4n) is 1.90. The van der Waals surface area contributed by atoms with Crippen LogP contribution in [-0.4, -0.2) is 35.3 Å². The molecule has 1 rings (SSSR count). The Kier molecular flexibility index (Phi) is 8.16. The third-order valence-corrected chi connectivity index (χ3v) is 2.97. The van der Waals surface area contributed by atoms with Gasteiger partial charge in [0.2, 0.25) is 0 Å². The number of carbonyl (C=O) groups is 2. The van der Waals surface area contributed by atoms with Gasteiger partial charge in [-0.2, -0.15) is 0 Å². The van der Waals surface area contributed by atoms with E-state index < -0.39 is 47.7 Å². The fraction of sp³-hybridized carbons (Fsp3) is 0.333. The number of esters is 2. The van der Waals surface area contributed by atoms with Crippen molar-refractivity contribution in [2.24, 2.45) is 5.92 Å². The monoisotopic (exact) mass is 384 g/mol. The second kappa shape index (κ2) is 10.3. The predicted molar refractivity (Wildman–Crippen MR) is 87.5 cm³/mol. The topological polar surface area (TPSA) is 157 Å². The summed E-state index contributed by atoms with van der Waals surface area (Å²) in [5.74, 6) is -2.03. The lowest BCUT2D eigenvalue weighted by Crippen LogP contribution is -2.24. The molecule has 1 aromatic carbocycles. The van der Waals surface area contributed by atoms with Crippen molar-refractivity contribution >= 4 is 18.0 Å². The Morgan fingerprint density at radius 3 is 2.22 bits per heavy atom. The molecule has 0 atom stereocenters. The summed E-state index contributed by atoms with van der Waals surface area (Å²) in [6.07, 6.45) is 0.949. The molecule has 12 heteroatoms. The molecule has 12 nitrogen and oxygen atoms in total. The molecular weight excluding hydrogens is 368 g/mol. The third-order valence-electron chi connectivity index (χ3n) is 2.97. The highest BCUT2D eigenvalue weighted by atomic mass is 17.0. The van der Waals surface area contributed by atoms with Crippen LogP contribution in [0.1, 0.15) is 18.9 Å². The molecule has 0 spiro atoms. The number of rotatable bonds is 11. The van der Waals surface area contributed by atoms with Gasteiger partial charge in [0.25, 0.3) is 10.2 Å². The van der Waals surface area contributed by atoms with E-state index in [1.165, 1.54) is 31.2 Å². The Morgan fingerprint density at radius 1 is 1.15 bits per heavy atom. The molecule has 0 saturated heterocycles. The SMILES string of the molecule is C=Cc1cc(OC(=O)CC(CO[N+](=O)[O-])CO[N+](=O)[O-])ccc1OC(C)=O. The van der Waals surface area contributed by atoms with Crippen molar-refractivity contribution in [3.63, 3.8) is 0 Å². The first-order valence-corrected chi connectivity index (χ1v) is 7.41. The summed E-state index contributed by atoms with van der Waals surface area (Å²) < 4.78 is 10.0. The van der Waals surface area contributed by atoms with E-state index in [0.717, 1.165) is 0 Å². The molecule has 0 heterocycles. The summed E-state index contributed by atoms with van der Waals surface area (Å²) in [4.78, 5) is 51.8. The number of hydrogen-bond donors (Lipinski definition) is 0. The molecule has 1 aromatic rings. The Morgan fingerprint density at radius 2 is 1.74 bits per heavy atom. The van der Waals surface area contributed by atoms with Crippen LogP contribution >= 0.6 is 0 Å². The number of benzene rings is 1. The summed E-state index contributed by atoms with van der Waals surface area (Å²) in [6.45, 7) is 3.61. The van der Waals surface area contributed by atoms with Gasteiger partial charge in [-0.3, -0.25) is 9.59 Å². The molecule has 0 bridgehead atoms. The number of hydrogen-bond acceptors (Lipinski definition) is 10. The molecule has 0 amide bonds. The second-order valence-corrected chi connectivity index (χ2v) is 5.08. The van der Waals surface area contributed by atoms with Gasteiger partial charge in [0.05, 0.1) is 6.42 Å². The number of nitrogens with zero attached hydrogens (tertiary/aromatic N) is 2. The van der Waals surface area contributed by atoms with Crippen molar-refractivity contribution in [3.05, 3.63) is 50.6 Å². The lowest BCUT2D eigenvalue weighted by atomic mass is 10.1. The van der Waals surface area contributed by atoms with Crippen LogP contribution in [0.25, 0.3) is 6.08 Å². The van der Waals surface area contributed by atoms with Crippen LogP contribution in [0.3, 0.4) is 0 Å². The van der Waals surface area contributed by atoms with Crippen molar-refractivity contribution < 1.29 is 38.9 Å².